The molecule has 0 unspecified atom stereocenters. The van der Waals surface area contributed by atoms with Crippen LogP contribution in [0.5, 0.6) is 5.75 Å². The normalized spacial score (nSPS) is 9.07. The third-order valence-electron chi connectivity index (χ3n) is 1.65. The van der Waals surface area contributed by atoms with E-state index in [1.165, 1.54) is 0 Å². The molecule has 0 aromatic heterocycles. The number of rotatable bonds is 4. The summed E-state index contributed by atoms with van der Waals surface area (Å²) in [7, 11) is 0. The summed E-state index contributed by atoms with van der Waals surface area (Å²) in [5.41, 5.74) is 5.55. The molecule has 0 aliphatic heterocycles. The van der Waals surface area contributed by atoms with Gasteiger partial charge in [-0.25, -0.2) is 0 Å². The minimum Gasteiger partial charge on any atom is -0.493 e. The van der Waals surface area contributed by atoms with Crippen LogP contribution < -0.4 is 10.5 Å². The number of hydrogen-bond acceptors (Lipinski definition) is 2. The van der Waals surface area contributed by atoms with Crippen LogP contribution in [0.25, 0.3) is 0 Å². The van der Waals surface area contributed by atoms with Gasteiger partial charge in [-0.3, -0.25) is 4.79 Å². The average Bonchev–Trinajstić information content (AvgIpc) is 2.19. The Morgan fingerprint density at radius 1 is 1.43 bits per heavy atom. The second-order valence-corrected chi connectivity index (χ2v) is 2.69. The van der Waals surface area contributed by atoms with Gasteiger partial charge in [-0.2, -0.15) is 0 Å². The lowest BCUT2D eigenvalue weighted by atomic mass is 10.2. The van der Waals surface area contributed by atoms with Gasteiger partial charge in [0.15, 0.2) is 0 Å². The number of carbonyl (C=O) groups excluding carboxylic acids is 1. The topological polar surface area (TPSA) is 52.3 Å². The van der Waals surface area contributed by atoms with E-state index in [2.05, 4.69) is 5.92 Å². The number of amides is 1. The predicted octanol–water partition coefficient (Wildman–Crippen LogP) is 1.19. The fraction of sp³-hybridized carbons (Fsp3) is 0.182. The maximum Gasteiger partial charge on any atom is 0.248 e. The summed E-state index contributed by atoms with van der Waals surface area (Å²) in [4.78, 5) is 10.7. The average molecular weight is 189 g/mol. The monoisotopic (exact) mass is 189 g/mol. The summed E-state index contributed by atoms with van der Waals surface area (Å²) >= 11 is 0. The zero-order valence-electron chi connectivity index (χ0n) is 7.69. The number of carbonyl (C=O) groups is 1. The minimum absolute atomic E-state index is 0.444. The van der Waals surface area contributed by atoms with Gasteiger partial charge in [-0.05, 0) is 24.3 Å². The van der Waals surface area contributed by atoms with Crippen molar-refractivity contribution in [2.75, 3.05) is 6.61 Å². The first-order valence-corrected chi connectivity index (χ1v) is 4.20. The van der Waals surface area contributed by atoms with Crippen LogP contribution >= 0.6 is 0 Å². The Bertz CT molecular complexity index is 349. The summed E-state index contributed by atoms with van der Waals surface area (Å²) in [6.45, 7) is 0.479. The molecule has 0 saturated heterocycles. The second-order valence-electron chi connectivity index (χ2n) is 2.69. The molecule has 14 heavy (non-hydrogen) atoms. The molecule has 1 aromatic rings. The van der Waals surface area contributed by atoms with Gasteiger partial charge in [-0.15, -0.1) is 12.3 Å². The maximum atomic E-state index is 10.7. The zero-order chi connectivity index (χ0) is 10.4. The number of benzene rings is 1. The van der Waals surface area contributed by atoms with Crippen molar-refractivity contribution in [3.05, 3.63) is 29.8 Å². The molecule has 0 bridgehead atoms. The Morgan fingerprint density at radius 3 is 2.57 bits per heavy atom. The summed E-state index contributed by atoms with van der Waals surface area (Å²) in [6, 6.07) is 6.62. The van der Waals surface area contributed by atoms with Gasteiger partial charge in [0.25, 0.3) is 0 Å². The standard InChI is InChI=1S/C11H11NO2/c1-2-3-8-14-10-6-4-9(5-7-10)11(12)13/h1,4-7H,3,8H2,(H2,12,13). The smallest absolute Gasteiger partial charge is 0.248 e. The van der Waals surface area contributed by atoms with Crippen LogP contribution in [0, 0.1) is 12.3 Å². The van der Waals surface area contributed by atoms with Crippen molar-refractivity contribution < 1.29 is 9.53 Å². The molecule has 0 fully saturated rings. The van der Waals surface area contributed by atoms with E-state index < -0.39 is 5.91 Å². The van der Waals surface area contributed by atoms with Crippen LogP contribution in [0.4, 0.5) is 0 Å². The lowest BCUT2D eigenvalue weighted by Crippen LogP contribution is -2.10. The van der Waals surface area contributed by atoms with E-state index in [0.29, 0.717) is 24.3 Å². The van der Waals surface area contributed by atoms with Gasteiger partial charge in [0.2, 0.25) is 5.91 Å². The zero-order valence-corrected chi connectivity index (χ0v) is 7.69. The lowest BCUT2D eigenvalue weighted by molar-refractivity contribution is 0.100. The third kappa shape index (κ3) is 2.83. The van der Waals surface area contributed by atoms with Crippen molar-refractivity contribution >= 4 is 5.91 Å². The first-order chi connectivity index (χ1) is 6.74. The SMILES string of the molecule is C#CCCOc1ccc(C(N)=O)cc1. The van der Waals surface area contributed by atoms with Gasteiger partial charge in [0.1, 0.15) is 5.75 Å². The van der Waals surface area contributed by atoms with Crippen LogP contribution in [0.2, 0.25) is 0 Å². The molecular formula is C11H11NO2. The summed E-state index contributed by atoms with van der Waals surface area (Å²) in [5, 5.41) is 0. The van der Waals surface area contributed by atoms with E-state index in [1.54, 1.807) is 24.3 Å². The third-order valence-corrected chi connectivity index (χ3v) is 1.65. The van der Waals surface area contributed by atoms with Crippen molar-refractivity contribution in [2.24, 2.45) is 5.73 Å². The van der Waals surface area contributed by atoms with Crippen LogP contribution in [-0.4, -0.2) is 12.5 Å². The van der Waals surface area contributed by atoms with Crippen LogP contribution in [0.1, 0.15) is 16.8 Å². The maximum absolute atomic E-state index is 10.7. The Kier molecular flexibility index (Phi) is 3.57. The molecule has 0 heterocycles. The summed E-state index contributed by atoms with van der Waals surface area (Å²) in [5.74, 6) is 2.71. The molecule has 2 N–H and O–H groups in total. The van der Waals surface area contributed by atoms with Gasteiger partial charge in [0, 0.05) is 12.0 Å². The lowest BCUT2D eigenvalue weighted by Gasteiger charge is -2.03. The molecule has 3 heteroatoms. The highest BCUT2D eigenvalue weighted by Crippen LogP contribution is 2.11. The largest absolute Gasteiger partial charge is 0.493 e. The van der Waals surface area contributed by atoms with E-state index in [9.17, 15) is 4.79 Å². The predicted molar refractivity (Wildman–Crippen MR) is 53.9 cm³/mol. The van der Waals surface area contributed by atoms with Crippen molar-refractivity contribution in [3.63, 3.8) is 0 Å². The molecule has 0 atom stereocenters. The van der Waals surface area contributed by atoms with E-state index in [1.807, 2.05) is 0 Å². The van der Waals surface area contributed by atoms with E-state index in [4.69, 9.17) is 16.9 Å². The Hall–Kier alpha value is -1.95. The number of primary amides is 1. The van der Waals surface area contributed by atoms with Crippen molar-refractivity contribution in [2.45, 2.75) is 6.42 Å². The first kappa shape index (κ1) is 10.1. The van der Waals surface area contributed by atoms with Crippen LogP contribution in [0.3, 0.4) is 0 Å². The van der Waals surface area contributed by atoms with Gasteiger partial charge in [0.05, 0.1) is 6.61 Å². The quantitative estimate of drug-likeness (QED) is 0.571. The fourth-order valence-corrected chi connectivity index (χ4v) is 0.943. The Labute approximate surface area is 82.9 Å². The molecule has 1 rings (SSSR count). The number of ether oxygens (including phenoxy) is 1. The number of terminal acetylenes is 1. The summed E-state index contributed by atoms with van der Waals surface area (Å²) in [6.07, 6.45) is 5.63. The minimum atomic E-state index is -0.444. The van der Waals surface area contributed by atoms with Crippen molar-refractivity contribution in [1.29, 1.82) is 0 Å². The molecule has 1 aromatic carbocycles. The van der Waals surface area contributed by atoms with Gasteiger partial charge < -0.3 is 10.5 Å². The van der Waals surface area contributed by atoms with Crippen molar-refractivity contribution in [3.8, 4) is 18.1 Å². The molecule has 0 aliphatic carbocycles. The molecule has 0 spiro atoms. The Balaban J connectivity index is 2.56. The van der Waals surface area contributed by atoms with Crippen LogP contribution in [-0.2, 0) is 0 Å². The van der Waals surface area contributed by atoms with Gasteiger partial charge >= 0.3 is 0 Å². The molecule has 0 aliphatic rings. The van der Waals surface area contributed by atoms with Gasteiger partial charge in [-0.1, -0.05) is 0 Å². The number of hydrogen-bond donors (Lipinski definition) is 1. The highest BCUT2D eigenvalue weighted by atomic mass is 16.5. The summed E-state index contributed by atoms with van der Waals surface area (Å²) < 4.78 is 5.29. The van der Waals surface area contributed by atoms with Crippen molar-refractivity contribution in [1.82, 2.24) is 0 Å². The van der Waals surface area contributed by atoms with E-state index in [-0.39, 0.29) is 0 Å². The highest BCUT2D eigenvalue weighted by Gasteiger charge is 1.99. The molecule has 3 nitrogen and oxygen atoms in total. The van der Waals surface area contributed by atoms with E-state index in [0.717, 1.165) is 0 Å². The second kappa shape index (κ2) is 4.93. The van der Waals surface area contributed by atoms with E-state index >= 15 is 0 Å². The highest BCUT2D eigenvalue weighted by molar-refractivity contribution is 5.92. The molecular weight excluding hydrogens is 178 g/mol. The first-order valence-electron chi connectivity index (χ1n) is 4.20. The molecule has 1 amide bonds. The molecule has 0 saturated carbocycles. The van der Waals surface area contributed by atoms with Crippen LogP contribution in [0.15, 0.2) is 24.3 Å². The fourth-order valence-electron chi connectivity index (χ4n) is 0.943. The number of nitrogens with two attached hydrogens (primary N) is 1. The Morgan fingerprint density at radius 2 is 2.07 bits per heavy atom. The molecule has 72 valence electrons. The molecule has 0 radical (unpaired) electrons.